The minimum Gasteiger partial charge on any atom is -0.389 e. The van der Waals surface area contributed by atoms with Gasteiger partial charge in [-0.1, -0.05) is 20.8 Å². The first-order valence-electron chi connectivity index (χ1n) is 5.40. The highest BCUT2D eigenvalue weighted by Gasteiger charge is 2.50. The molecule has 3 N–H and O–H groups in total. The third-order valence-electron chi connectivity index (χ3n) is 3.98. The summed E-state index contributed by atoms with van der Waals surface area (Å²) in [6.07, 6.45) is 4.17. The van der Waals surface area contributed by atoms with Crippen LogP contribution in [0.2, 0.25) is 0 Å². The number of hydrogen-bond donors (Lipinski definition) is 2. The largest absolute Gasteiger partial charge is 0.389 e. The van der Waals surface area contributed by atoms with Gasteiger partial charge in [0.15, 0.2) is 0 Å². The number of rotatable bonds is 3. The SMILES string of the molecule is CCC(CN)C1(O)CCCC1(C)C. The normalized spacial score (nSPS) is 34.8. The van der Waals surface area contributed by atoms with E-state index in [-0.39, 0.29) is 11.3 Å². The van der Waals surface area contributed by atoms with Crippen LogP contribution in [0.15, 0.2) is 0 Å². The molecule has 0 aromatic carbocycles. The van der Waals surface area contributed by atoms with Crippen LogP contribution in [0.4, 0.5) is 0 Å². The quantitative estimate of drug-likeness (QED) is 0.705. The van der Waals surface area contributed by atoms with E-state index in [9.17, 15) is 5.11 Å². The van der Waals surface area contributed by atoms with Crippen LogP contribution in [-0.2, 0) is 0 Å². The summed E-state index contributed by atoms with van der Waals surface area (Å²) in [6.45, 7) is 7.05. The highest BCUT2D eigenvalue weighted by molar-refractivity contribution is 5.02. The molecule has 1 saturated carbocycles. The van der Waals surface area contributed by atoms with Gasteiger partial charge in [0.1, 0.15) is 0 Å². The molecule has 2 nitrogen and oxygen atoms in total. The van der Waals surface area contributed by atoms with Gasteiger partial charge in [0, 0.05) is 5.92 Å². The molecule has 0 aromatic rings. The summed E-state index contributed by atoms with van der Waals surface area (Å²) in [7, 11) is 0. The maximum atomic E-state index is 10.6. The van der Waals surface area contributed by atoms with Crippen LogP contribution in [0.3, 0.4) is 0 Å². The molecule has 13 heavy (non-hydrogen) atoms. The van der Waals surface area contributed by atoms with E-state index >= 15 is 0 Å². The standard InChI is InChI=1S/C11H23NO/c1-4-9(8-12)11(13)7-5-6-10(11,2)3/h9,13H,4-8,12H2,1-3H3. The lowest BCUT2D eigenvalue weighted by Crippen LogP contribution is -2.49. The zero-order valence-corrected chi connectivity index (χ0v) is 9.14. The lowest BCUT2D eigenvalue weighted by atomic mass is 9.69. The van der Waals surface area contributed by atoms with Crippen molar-refractivity contribution in [1.82, 2.24) is 0 Å². The van der Waals surface area contributed by atoms with Crippen molar-refractivity contribution < 1.29 is 5.11 Å². The number of aliphatic hydroxyl groups is 1. The first-order chi connectivity index (χ1) is 5.98. The smallest absolute Gasteiger partial charge is 0.0738 e. The second kappa shape index (κ2) is 3.58. The molecular weight excluding hydrogens is 162 g/mol. The van der Waals surface area contributed by atoms with Crippen molar-refractivity contribution >= 4 is 0 Å². The van der Waals surface area contributed by atoms with Crippen LogP contribution in [0.1, 0.15) is 46.5 Å². The Morgan fingerprint density at radius 2 is 2.00 bits per heavy atom. The maximum absolute atomic E-state index is 10.6. The molecule has 1 aliphatic rings. The molecule has 0 aliphatic heterocycles. The van der Waals surface area contributed by atoms with Crippen LogP contribution >= 0.6 is 0 Å². The molecule has 2 unspecified atom stereocenters. The zero-order valence-electron chi connectivity index (χ0n) is 9.14. The Kier molecular flexibility index (Phi) is 3.03. The minimum absolute atomic E-state index is 0.0487. The number of nitrogens with two attached hydrogens (primary N) is 1. The summed E-state index contributed by atoms with van der Waals surface area (Å²) in [5, 5.41) is 10.6. The van der Waals surface area contributed by atoms with Gasteiger partial charge in [0.2, 0.25) is 0 Å². The maximum Gasteiger partial charge on any atom is 0.0738 e. The van der Waals surface area contributed by atoms with Gasteiger partial charge in [-0.05, 0) is 37.6 Å². The minimum atomic E-state index is -0.517. The van der Waals surface area contributed by atoms with Crippen LogP contribution in [-0.4, -0.2) is 17.3 Å². The summed E-state index contributed by atoms with van der Waals surface area (Å²) in [5.41, 5.74) is 5.24. The third kappa shape index (κ3) is 1.62. The zero-order chi connectivity index (χ0) is 10.1. The van der Waals surface area contributed by atoms with Gasteiger partial charge in [0.05, 0.1) is 5.60 Å². The average Bonchev–Trinajstić information content (AvgIpc) is 2.30. The van der Waals surface area contributed by atoms with Crippen molar-refractivity contribution in [3.63, 3.8) is 0 Å². The summed E-state index contributed by atoms with van der Waals surface area (Å²) in [6, 6.07) is 0. The molecule has 0 amide bonds. The summed E-state index contributed by atoms with van der Waals surface area (Å²) < 4.78 is 0. The van der Waals surface area contributed by atoms with E-state index in [0.717, 1.165) is 25.7 Å². The van der Waals surface area contributed by atoms with E-state index in [1.807, 2.05) is 0 Å². The van der Waals surface area contributed by atoms with Crippen molar-refractivity contribution in [2.75, 3.05) is 6.54 Å². The van der Waals surface area contributed by atoms with E-state index in [1.54, 1.807) is 0 Å². The van der Waals surface area contributed by atoms with Crippen LogP contribution in [0, 0.1) is 11.3 Å². The second-order valence-electron chi connectivity index (χ2n) is 5.00. The molecular formula is C11H23NO. The molecule has 1 rings (SSSR count). The first-order valence-corrected chi connectivity index (χ1v) is 5.40. The molecule has 0 spiro atoms. The summed E-state index contributed by atoms with van der Waals surface area (Å²) >= 11 is 0. The van der Waals surface area contributed by atoms with Gasteiger partial charge in [-0.2, -0.15) is 0 Å². The van der Waals surface area contributed by atoms with Gasteiger partial charge < -0.3 is 10.8 Å². The van der Waals surface area contributed by atoms with E-state index in [0.29, 0.717) is 6.54 Å². The molecule has 2 heteroatoms. The fourth-order valence-corrected chi connectivity index (χ4v) is 2.81. The lowest BCUT2D eigenvalue weighted by molar-refractivity contribution is -0.0891. The molecule has 0 bridgehead atoms. The van der Waals surface area contributed by atoms with Crippen molar-refractivity contribution in [2.24, 2.45) is 17.1 Å². The fraction of sp³-hybridized carbons (Fsp3) is 1.00. The van der Waals surface area contributed by atoms with E-state index in [1.165, 1.54) is 0 Å². The molecule has 0 heterocycles. The molecule has 1 aliphatic carbocycles. The van der Waals surface area contributed by atoms with Gasteiger partial charge in [-0.15, -0.1) is 0 Å². The van der Waals surface area contributed by atoms with Crippen LogP contribution in [0.25, 0.3) is 0 Å². The van der Waals surface area contributed by atoms with Crippen molar-refractivity contribution in [3.05, 3.63) is 0 Å². The summed E-state index contributed by atoms with van der Waals surface area (Å²) in [5.74, 6) is 0.269. The Labute approximate surface area is 81.5 Å². The molecule has 0 saturated heterocycles. The van der Waals surface area contributed by atoms with Crippen molar-refractivity contribution in [1.29, 1.82) is 0 Å². The topological polar surface area (TPSA) is 46.2 Å². The van der Waals surface area contributed by atoms with Gasteiger partial charge >= 0.3 is 0 Å². The predicted molar refractivity (Wildman–Crippen MR) is 55.4 cm³/mol. The van der Waals surface area contributed by atoms with Gasteiger partial charge in [-0.3, -0.25) is 0 Å². The van der Waals surface area contributed by atoms with Gasteiger partial charge in [0.25, 0.3) is 0 Å². The molecule has 0 radical (unpaired) electrons. The van der Waals surface area contributed by atoms with Gasteiger partial charge in [-0.25, -0.2) is 0 Å². The second-order valence-corrected chi connectivity index (χ2v) is 5.00. The Hall–Kier alpha value is -0.0800. The first kappa shape index (κ1) is 11.0. The Bertz CT molecular complexity index is 175. The van der Waals surface area contributed by atoms with Crippen molar-refractivity contribution in [2.45, 2.75) is 52.1 Å². The fourth-order valence-electron chi connectivity index (χ4n) is 2.81. The highest BCUT2D eigenvalue weighted by atomic mass is 16.3. The average molecular weight is 185 g/mol. The van der Waals surface area contributed by atoms with Crippen LogP contribution in [0.5, 0.6) is 0 Å². The monoisotopic (exact) mass is 185 g/mol. The Morgan fingerprint density at radius 3 is 2.31 bits per heavy atom. The predicted octanol–water partition coefficient (Wildman–Crippen LogP) is 1.91. The Balaban J connectivity index is 2.84. The van der Waals surface area contributed by atoms with E-state index in [2.05, 4.69) is 20.8 Å². The number of hydrogen-bond acceptors (Lipinski definition) is 2. The Morgan fingerprint density at radius 1 is 1.38 bits per heavy atom. The van der Waals surface area contributed by atoms with Crippen LogP contribution < -0.4 is 5.73 Å². The van der Waals surface area contributed by atoms with E-state index < -0.39 is 5.60 Å². The lowest BCUT2D eigenvalue weighted by Gasteiger charge is -2.42. The van der Waals surface area contributed by atoms with E-state index in [4.69, 9.17) is 5.73 Å². The molecule has 0 aromatic heterocycles. The molecule has 2 atom stereocenters. The molecule has 78 valence electrons. The van der Waals surface area contributed by atoms with Crippen molar-refractivity contribution in [3.8, 4) is 0 Å². The third-order valence-corrected chi connectivity index (χ3v) is 3.98. The molecule has 1 fully saturated rings. The summed E-state index contributed by atoms with van der Waals surface area (Å²) in [4.78, 5) is 0. The highest BCUT2D eigenvalue weighted by Crippen LogP contribution is 2.50.